The summed E-state index contributed by atoms with van der Waals surface area (Å²) >= 11 is 1.46. The molecule has 1 aromatic heterocycles. The van der Waals surface area contributed by atoms with Crippen molar-refractivity contribution in [3.8, 4) is 0 Å². The van der Waals surface area contributed by atoms with Gasteiger partial charge in [0.2, 0.25) is 0 Å². The van der Waals surface area contributed by atoms with Gasteiger partial charge in [-0.05, 0) is 0 Å². The summed E-state index contributed by atoms with van der Waals surface area (Å²) in [5.41, 5.74) is 0.0940. The average Bonchev–Trinajstić information content (AvgIpc) is 2.54. The van der Waals surface area contributed by atoms with E-state index in [1.165, 1.54) is 11.5 Å². The first-order chi connectivity index (χ1) is 6.36. The van der Waals surface area contributed by atoms with E-state index in [1.54, 1.807) is 10.0 Å². The highest BCUT2D eigenvalue weighted by molar-refractivity contribution is 7.04. The molecule has 1 aliphatic rings. The van der Waals surface area contributed by atoms with Crippen molar-refractivity contribution in [3.05, 3.63) is 21.8 Å². The van der Waals surface area contributed by atoms with Crippen LogP contribution in [-0.2, 0) is 11.4 Å². The third kappa shape index (κ3) is 2.18. The Morgan fingerprint density at radius 3 is 2.85 bits per heavy atom. The molecule has 0 spiro atoms. The van der Waals surface area contributed by atoms with E-state index in [1.807, 2.05) is 5.38 Å². The average molecular weight is 200 g/mol. The first-order valence-electron chi connectivity index (χ1n) is 4.31. The summed E-state index contributed by atoms with van der Waals surface area (Å²) in [5, 5.41) is 1.82. The Balaban J connectivity index is 1.97. The summed E-state index contributed by atoms with van der Waals surface area (Å²) in [5.74, 6) is 0. The molecule has 72 valence electrons. The van der Waals surface area contributed by atoms with Gasteiger partial charge in [0.25, 0.3) is 5.56 Å². The summed E-state index contributed by atoms with van der Waals surface area (Å²) in [6.07, 6.45) is 0. The first-order valence-corrected chi connectivity index (χ1v) is 5.15. The van der Waals surface area contributed by atoms with Crippen molar-refractivity contribution >= 4 is 11.5 Å². The van der Waals surface area contributed by atoms with Gasteiger partial charge in [-0.2, -0.15) is 0 Å². The number of nitrogens with zero attached hydrogens (tertiary/aromatic N) is 2. The molecule has 0 atom stereocenters. The molecule has 1 fully saturated rings. The lowest BCUT2D eigenvalue weighted by Crippen LogP contribution is -2.38. The Bertz CT molecular complexity index is 314. The first kappa shape index (κ1) is 8.93. The van der Waals surface area contributed by atoms with Crippen LogP contribution in [-0.4, -0.2) is 35.2 Å². The van der Waals surface area contributed by atoms with E-state index >= 15 is 0 Å². The fraction of sp³-hybridized carbons (Fsp3) is 0.625. The van der Waals surface area contributed by atoms with Gasteiger partial charge in [0, 0.05) is 24.5 Å². The number of morpholine rings is 1. The third-order valence-corrected chi connectivity index (χ3v) is 2.88. The van der Waals surface area contributed by atoms with E-state index < -0.39 is 0 Å². The number of aromatic nitrogens is 1. The highest BCUT2D eigenvalue weighted by atomic mass is 32.1. The summed E-state index contributed by atoms with van der Waals surface area (Å²) in [6, 6.07) is 1.60. The fourth-order valence-electron chi connectivity index (χ4n) is 1.32. The molecule has 0 radical (unpaired) electrons. The van der Waals surface area contributed by atoms with E-state index in [-0.39, 0.29) is 5.56 Å². The van der Waals surface area contributed by atoms with Crippen LogP contribution in [0, 0.1) is 0 Å². The maximum Gasteiger partial charge on any atom is 0.261 e. The molecule has 13 heavy (non-hydrogen) atoms. The summed E-state index contributed by atoms with van der Waals surface area (Å²) in [7, 11) is 0. The zero-order chi connectivity index (χ0) is 9.10. The molecule has 0 aliphatic carbocycles. The van der Waals surface area contributed by atoms with Gasteiger partial charge in [-0.3, -0.25) is 9.69 Å². The van der Waals surface area contributed by atoms with Gasteiger partial charge >= 0.3 is 0 Å². The largest absolute Gasteiger partial charge is 0.379 e. The van der Waals surface area contributed by atoms with Gasteiger partial charge in [-0.1, -0.05) is 11.5 Å². The van der Waals surface area contributed by atoms with Crippen molar-refractivity contribution in [2.75, 3.05) is 26.3 Å². The van der Waals surface area contributed by atoms with Gasteiger partial charge in [0.15, 0.2) is 0 Å². The second-order valence-corrected chi connectivity index (χ2v) is 3.92. The van der Waals surface area contributed by atoms with Gasteiger partial charge in [-0.25, -0.2) is 3.96 Å². The van der Waals surface area contributed by atoms with Gasteiger partial charge in [0.1, 0.15) is 0 Å². The van der Waals surface area contributed by atoms with Crippen LogP contribution < -0.4 is 5.56 Å². The van der Waals surface area contributed by atoms with Crippen LogP contribution in [0.2, 0.25) is 0 Å². The number of hydrogen-bond acceptors (Lipinski definition) is 4. The monoisotopic (exact) mass is 200 g/mol. The van der Waals surface area contributed by atoms with E-state index in [4.69, 9.17) is 4.74 Å². The summed E-state index contributed by atoms with van der Waals surface area (Å²) in [4.78, 5) is 13.4. The van der Waals surface area contributed by atoms with Gasteiger partial charge in [-0.15, -0.1) is 0 Å². The number of hydrogen-bond donors (Lipinski definition) is 0. The molecule has 5 heteroatoms. The molecule has 0 amide bonds. The molecule has 1 aromatic rings. The SMILES string of the molecule is O=c1ccsn1CN1CCOCC1. The minimum absolute atomic E-state index is 0.0940. The fourth-order valence-corrected chi connectivity index (χ4v) is 2.04. The van der Waals surface area contributed by atoms with E-state index in [9.17, 15) is 4.79 Å². The Labute approximate surface area is 80.5 Å². The van der Waals surface area contributed by atoms with E-state index in [0.29, 0.717) is 6.67 Å². The van der Waals surface area contributed by atoms with Crippen molar-refractivity contribution in [2.45, 2.75) is 6.67 Å². The predicted molar refractivity (Wildman–Crippen MR) is 51.0 cm³/mol. The van der Waals surface area contributed by atoms with Crippen LogP contribution in [0.4, 0.5) is 0 Å². The minimum Gasteiger partial charge on any atom is -0.379 e. The Kier molecular flexibility index (Phi) is 2.77. The Morgan fingerprint density at radius 1 is 1.46 bits per heavy atom. The standard InChI is InChI=1S/C8H12N2O2S/c11-8-1-6-13-10(8)7-9-2-4-12-5-3-9/h1,6H,2-5,7H2. The molecule has 1 aliphatic heterocycles. The van der Waals surface area contributed by atoms with Crippen molar-refractivity contribution in [1.82, 2.24) is 8.86 Å². The van der Waals surface area contributed by atoms with E-state index in [2.05, 4.69) is 4.90 Å². The predicted octanol–water partition coefficient (Wildman–Crippen LogP) is 0.200. The minimum atomic E-state index is 0.0940. The Hall–Kier alpha value is -0.650. The zero-order valence-electron chi connectivity index (χ0n) is 7.31. The maximum atomic E-state index is 11.2. The molecule has 0 bridgehead atoms. The van der Waals surface area contributed by atoms with Crippen LogP contribution in [0.25, 0.3) is 0 Å². The third-order valence-electron chi connectivity index (χ3n) is 2.08. The summed E-state index contributed by atoms with van der Waals surface area (Å²) in [6.45, 7) is 4.11. The van der Waals surface area contributed by atoms with E-state index in [0.717, 1.165) is 26.3 Å². The molecule has 2 rings (SSSR count). The highest BCUT2D eigenvalue weighted by Gasteiger charge is 2.11. The van der Waals surface area contributed by atoms with Gasteiger partial charge < -0.3 is 4.74 Å². The second-order valence-electron chi connectivity index (χ2n) is 3.00. The molecular weight excluding hydrogens is 188 g/mol. The maximum absolute atomic E-state index is 11.2. The molecular formula is C8H12N2O2S. The number of rotatable bonds is 2. The molecule has 0 N–H and O–H groups in total. The number of ether oxygens (including phenoxy) is 1. The normalized spacial score (nSPS) is 19.1. The van der Waals surface area contributed by atoms with Crippen LogP contribution in [0.3, 0.4) is 0 Å². The lowest BCUT2D eigenvalue weighted by Gasteiger charge is -2.26. The zero-order valence-corrected chi connectivity index (χ0v) is 8.13. The molecule has 0 unspecified atom stereocenters. The van der Waals surface area contributed by atoms with Crippen LogP contribution in [0.1, 0.15) is 0 Å². The van der Waals surface area contributed by atoms with Crippen LogP contribution in [0.15, 0.2) is 16.2 Å². The van der Waals surface area contributed by atoms with Crippen LogP contribution in [0.5, 0.6) is 0 Å². The molecule has 0 aromatic carbocycles. The van der Waals surface area contributed by atoms with Crippen molar-refractivity contribution in [3.63, 3.8) is 0 Å². The van der Waals surface area contributed by atoms with Crippen molar-refractivity contribution in [1.29, 1.82) is 0 Å². The van der Waals surface area contributed by atoms with Crippen molar-refractivity contribution < 1.29 is 4.74 Å². The Morgan fingerprint density at radius 2 is 2.23 bits per heavy atom. The molecule has 2 heterocycles. The topological polar surface area (TPSA) is 34.5 Å². The quantitative estimate of drug-likeness (QED) is 0.684. The molecule has 4 nitrogen and oxygen atoms in total. The lowest BCUT2D eigenvalue weighted by atomic mass is 10.4. The molecule has 1 saturated heterocycles. The van der Waals surface area contributed by atoms with Crippen molar-refractivity contribution in [2.24, 2.45) is 0 Å². The second kappa shape index (κ2) is 4.04. The summed E-state index contributed by atoms with van der Waals surface area (Å²) < 4.78 is 6.98. The van der Waals surface area contributed by atoms with Gasteiger partial charge in [0.05, 0.1) is 19.9 Å². The molecule has 0 saturated carbocycles. The smallest absolute Gasteiger partial charge is 0.261 e. The lowest BCUT2D eigenvalue weighted by molar-refractivity contribution is 0.0247. The van der Waals surface area contributed by atoms with Crippen LogP contribution >= 0.6 is 11.5 Å². The highest BCUT2D eigenvalue weighted by Crippen LogP contribution is 2.00.